The lowest BCUT2D eigenvalue weighted by Gasteiger charge is -2.31. The Balaban J connectivity index is 2.33. The molecule has 0 saturated carbocycles. The van der Waals surface area contributed by atoms with E-state index in [1.807, 2.05) is 60.7 Å². The first kappa shape index (κ1) is 14.8. The number of aliphatic hydroxyl groups is 1. The van der Waals surface area contributed by atoms with E-state index < -0.39 is 5.60 Å². The number of nitrogens with zero attached hydrogens (tertiary/aromatic N) is 1. The predicted octanol–water partition coefficient (Wildman–Crippen LogP) is 3.26. The van der Waals surface area contributed by atoms with Crippen molar-refractivity contribution in [2.24, 2.45) is 0 Å². The lowest BCUT2D eigenvalue weighted by molar-refractivity contribution is 0.0610. The van der Waals surface area contributed by atoms with E-state index in [4.69, 9.17) is 0 Å². The molecule has 2 rings (SSSR count). The fourth-order valence-electron chi connectivity index (χ4n) is 2.39. The van der Waals surface area contributed by atoms with Crippen molar-refractivity contribution >= 4 is 0 Å². The third-order valence-electron chi connectivity index (χ3n) is 3.90. The van der Waals surface area contributed by atoms with Gasteiger partial charge in [0.1, 0.15) is 5.60 Å². The fraction of sp³-hybridized carbons (Fsp3) is 0.333. The highest BCUT2D eigenvalue weighted by atomic mass is 16.3. The zero-order valence-electron chi connectivity index (χ0n) is 12.3. The van der Waals surface area contributed by atoms with Crippen molar-refractivity contribution in [1.82, 2.24) is 4.90 Å². The van der Waals surface area contributed by atoms with Crippen LogP contribution < -0.4 is 0 Å². The Morgan fingerprint density at radius 3 is 1.75 bits per heavy atom. The molecule has 0 amide bonds. The van der Waals surface area contributed by atoms with Gasteiger partial charge in [-0.3, -0.25) is 0 Å². The van der Waals surface area contributed by atoms with E-state index in [1.54, 1.807) is 0 Å². The van der Waals surface area contributed by atoms with Crippen molar-refractivity contribution in [3.63, 3.8) is 0 Å². The van der Waals surface area contributed by atoms with E-state index in [-0.39, 0.29) is 0 Å². The largest absolute Gasteiger partial charge is 0.380 e. The van der Waals surface area contributed by atoms with Crippen LogP contribution in [0.5, 0.6) is 0 Å². The summed E-state index contributed by atoms with van der Waals surface area (Å²) in [5.41, 5.74) is 0.984. The van der Waals surface area contributed by atoms with Gasteiger partial charge in [-0.2, -0.15) is 0 Å². The molecule has 106 valence electrons. The van der Waals surface area contributed by atoms with Gasteiger partial charge in [0.2, 0.25) is 0 Å². The summed E-state index contributed by atoms with van der Waals surface area (Å²) in [7, 11) is 2.08. The Morgan fingerprint density at radius 2 is 1.35 bits per heavy atom. The Morgan fingerprint density at radius 1 is 0.900 bits per heavy atom. The Kier molecular flexibility index (Phi) is 4.94. The highest BCUT2D eigenvalue weighted by Crippen LogP contribution is 2.32. The molecule has 0 aliphatic rings. The third kappa shape index (κ3) is 3.27. The van der Waals surface area contributed by atoms with E-state index in [1.165, 1.54) is 0 Å². The summed E-state index contributed by atoms with van der Waals surface area (Å²) in [5.74, 6) is 0. The van der Waals surface area contributed by atoms with Gasteiger partial charge in [0, 0.05) is 6.54 Å². The Hall–Kier alpha value is -1.64. The van der Waals surface area contributed by atoms with E-state index in [9.17, 15) is 5.11 Å². The quantitative estimate of drug-likeness (QED) is 0.870. The molecule has 0 heterocycles. The molecule has 0 atom stereocenters. The van der Waals surface area contributed by atoms with Crippen LogP contribution >= 0.6 is 0 Å². The normalized spacial score (nSPS) is 11.8. The lowest BCUT2D eigenvalue weighted by Crippen LogP contribution is -2.32. The zero-order chi connectivity index (χ0) is 14.4. The first-order chi connectivity index (χ1) is 9.66. The van der Waals surface area contributed by atoms with Crippen LogP contribution in [-0.2, 0) is 5.60 Å². The van der Waals surface area contributed by atoms with Crippen molar-refractivity contribution < 1.29 is 5.11 Å². The van der Waals surface area contributed by atoms with Gasteiger partial charge in [0.15, 0.2) is 0 Å². The summed E-state index contributed by atoms with van der Waals surface area (Å²) >= 11 is 0. The van der Waals surface area contributed by atoms with E-state index in [2.05, 4.69) is 18.9 Å². The molecular weight excluding hydrogens is 246 g/mol. The van der Waals surface area contributed by atoms with Crippen molar-refractivity contribution in [3.8, 4) is 0 Å². The molecular formula is C18H23NO. The summed E-state index contributed by atoms with van der Waals surface area (Å²) in [4.78, 5) is 2.22. The van der Waals surface area contributed by atoms with Crippen LogP contribution in [0.25, 0.3) is 0 Å². The smallest absolute Gasteiger partial charge is 0.116 e. The Bertz CT molecular complexity index is 470. The van der Waals surface area contributed by atoms with Crippen molar-refractivity contribution in [2.75, 3.05) is 20.1 Å². The number of hydrogen-bond donors (Lipinski definition) is 1. The minimum absolute atomic E-state index is 0.686. The number of rotatable bonds is 6. The maximum Gasteiger partial charge on any atom is 0.116 e. The van der Waals surface area contributed by atoms with Crippen LogP contribution in [0, 0.1) is 0 Å². The third-order valence-corrected chi connectivity index (χ3v) is 3.90. The molecule has 0 fully saturated rings. The highest BCUT2D eigenvalue weighted by molar-refractivity contribution is 5.35. The SMILES string of the molecule is CCN(C)CCC(O)(c1ccccc1)c1ccccc1. The Labute approximate surface area is 121 Å². The molecule has 2 nitrogen and oxygen atoms in total. The molecule has 0 unspecified atom stereocenters. The van der Waals surface area contributed by atoms with Gasteiger partial charge < -0.3 is 10.0 Å². The van der Waals surface area contributed by atoms with Crippen LogP contribution in [0.2, 0.25) is 0 Å². The first-order valence-corrected chi connectivity index (χ1v) is 7.19. The molecule has 0 spiro atoms. The van der Waals surface area contributed by atoms with Crippen LogP contribution in [0.4, 0.5) is 0 Å². The van der Waals surface area contributed by atoms with E-state index in [0.717, 1.165) is 24.2 Å². The lowest BCUT2D eigenvalue weighted by atomic mass is 9.83. The van der Waals surface area contributed by atoms with Gasteiger partial charge >= 0.3 is 0 Å². The molecule has 2 aromatic carbocycles. The molecule has 0 aliphatic heterocycles. The van der Waals surface area contributed by atoms with Gasteiger partial charge in [-0.25, -0.2) is 0 Å². The molecule has 0 aromatic heterocycles. The molecule has 0 radical (unpaired) electrons. The number of hydrogen-bond acceptors (Lipinski definition) is 2. The average Bonchev–Trinajstić information content (AvgIpc) is 2.54. The fourth-order valence-corrected chi connectivity index (χ4v) is 2.39. The average molecular weight is 269 g/mol. The summed E-state index contributed by atoms with van der Waals surface area (Å²) in [6, 6.07) is 19.9. The van der Waals surface area contributed by atoms with Gasteiger partial charge in [0.05, 0.1) is 0 Å². The monoisotopic (exact) mass is 269 g/mol. The van der Waals surface area contributed by atoms with Gasteiger partial charge in [-0.1, -0.05) is 67.6 Å². The molecule has 2 heteroatoms. The summed E-state index contributed by atoms with van der Waals surface area (Å²) < 4.78 is 0. The van der Waals surface area contributed by atoms with Gasteiger partial charge in [-0.05, 0) is 31.1 Å². The first-order valence-electron chi connectivity index (χ1n) is 7.19. The minimum atomic E-state index is -0.925. The molecule has 2 aromatic rings. The van der Waals surface area contributed by atoms with Gasteiger partial charge in [0.25, 0.3) is 0 Å². The van der Waals surface area contributed by atoms with Gasteiger partial charge in [-0.15, -0.1) is 0 Å². The van der Waals surface area contributed by atoms with Crippen LogP contribution in [0.3, 0.4) is 0 Å². The summed E-state index contributed by atoms with van der Waals surface area (Å²) in [5, 5.41) is 11.3. The minimum Gasteiger partial charge on any atom is -0.380 e. The van der Waals surface area contributed by atoms with Crippen LogP contribution in [0.1, 0.15) is 24.5 Å². The second kappa shape index (κ2) is 6.69. The molecule has 1 N–H and O–H groups in total. The van der Waals surface area contributed by atoms with Crippen molar-refractivity contribution in [1.29, 1.82) is 0 Å². The van der Waals surface area contributed by atoms with Crippen LogP contribution in [-0.4, -0.2) is 30.1 Å². The predicted molar refractivity (Wildman–Crippen MR) is 83.7 cm³/mol. The molecule has 0 saturated heterocycles. The zero-order valence-corrected chi connectivity index (χ0v) is 12.3. The topological polar surface area (TPSA) is 23.5 Å². The second-order valence-electron chi connectivity index (χ2n) is 5.24. The van der Waals surface area contributed by atoms with Crippen LogP contribution in [0.15, 0.2) is 60.7 Å². The second-order valence-corrected chi connectivity index (χ2v) is 5.24. The highest BCUT2D eigenvalue weighted by Gasteiger charge is 2.31. The molecule has 20 heavy (non-hydrogen) atoms. The maximum atomic E-state index is 11.3. The summed E-state index contributed by atoms with van der Waals surface area (Å²) in [6.45, 7) is 3.97. The molecule has 0 bridgehead atoms. The maximum absolute atomic E-state index is 11.3. The summed E-state index contributed by atoms with van der Waals surface area (Å²) in [6.07, 6.45) is 0.686. The number of benzene rings is 2. The van der Waals surface area contributed by atoms with E-state index in [0.29, 0.717) is 6.42 Å². The molecule has 0 aliphatic carbocycles. The van der Waals surface area contributed by atoms with Crippen molar-refractivity contribution in [3.05, 3.63) is 71.8 Å². The van der Waals surface area contributed by atoms with E-state index >= 15 is 0 Å². The standard InChI is InChI=1S/C18H23NO/c1-3-19(2)15-14-18(20,16-10-6-4-7-11-16)17-12-8-5-9-13-17/h4-13,20H,3,14-15H2,1-2H3. The van der Waals surface area contributed by atoms with Crippen molar-refractivity contribution in [2.45, 2.75) is 18.9 Å².